The number of rotatable bonds is 1. The van der Waals surface area contributed by atoms with Gasteiger partial charge in [0.2, 0.25) is 0 Å². The Bertz CT molecular complexity index is 549. The molecular formula is C14H15N3. The molecule has 2 N–H and O–H groups in total. The molecule has 0 spiro atoms. The average Bonchev–Trinajstić information content (AvgIpc) is 2.38. The third kappa shape index (κ3) is 2.00. The Hall–Kier alpha value is -1.90. The summed E-state index contributed by atoms with van der Waals surface area (Å²) in [5, 5.41) is 0. The van der Waals surface area contributed by atoms with Gasteiger partial charge in [-0.1, -0.05) is 12.1 Å². The van der Waals surface area contributed by atoms with Crippen LogP contribution in [0.3, 0.4) is 0 Å². The lowest BCUT2D eigenvalue weighted by molar-refractivity contribution is 0.663. The van der Waals surface area contributed by atoms with E-state index in [1.807, 2.05) is 30.5 Å². The maximum absolute atomic E-state index is 5.78. The Morgan fingerprint density at radius 2 is 2.00 bits per heavy atom. The minimum Gasteiger partial charge on any atom is -0.399 e. The van der Waals surface area contributed by atoms with Gasteiger partial charge in [-0.05, 0) is 43.4 Å². The molecule has 0 saturated heterocycles. The maximum atomic E-state index is 5.78. The Balaban J connectivity index is 2.04. The van der Waals surface area contributed by atoms with Crippen molar-refractivity contribution in [2.24, 2.45) is 0 Å². The van der Waals surface area contributed by atoms with Crippen LogP contribution in [-0.2, 0) is 12.8 Å². The first kappa shape index (κ1) is 10.3. The van der Waals surface area contributed by atoms with Gasteiger partial charge in [0, 0.05) is 23.1 Å². The summed E-state index contributed by atoms with van der Waals surface area (Å²) in [6.45, 7) is 0. The average molecular weight is 225 g/mol. The first-order valence-electron chi connectivity index (χ1n) is 6.03. The van der Waals surface area contributed by atoms with Gasteiger partial charge in [-0.25, -0.2) is 9.97 Å². The van der Waals surface area contributed by atoms with Crippen molar-refractivity contribution >= 4 is 5.69 Å². The van der Waals surface area contributed by atoms with Crippen LogP contribution in [0.1, 0.15) is 24.1 Å². The monoisotopic (exact) mass is 225 g/mol. The Morgan fingerprint density at radius 3 is 2.88 bits per heavy atom. The summed E-state index contributed by atoms with van der Waals surface area (Å²) in [6.07, 6.45) is 6.66. The number of benzene rings is 1. The molecule has 0 unspecified atom stereocenters. The molecule has 17 heavy (non-hydrogen) atoms. The van der Waals surface area contributed by atoms with Gasteiger partial charge in [0.1, 0.15) is 0 Å². The predicted octanol–water partition coefficient (Wildman–Crippen LogP) is 2.60. The van der Waals surface area contributed by atoms with Crippen molar-refractivity contribution in [3.63, 3.8) is 0 Å². The number of anilines is 1. The second kappa shape index (κ2) is 4.17. The van der Waals surface area contributed by atoms with Gasteiger partial charge >= 0.3 is 0 Å². The number of aryl methyl sites for hydroxylation is 2. The van der Waals surface area contributed by atoms with Crippen molar-refractivity contribution < 1.29 is 0 Å². The lowest BCUT2D eigenvalue weighted by Gasteiger charge is -2.14. The second-order valence-corrected chi connectivity index (χ2v) is 4.50. The van der Waals surface area contributed by atoms with Crippen LogP contribution in [0.25, 0.3) is 11.4 Å². The van der Waals surface area contributed by atoms with Crippen molar-refractivity contribution in [3.05, 3.63) is 41.7 Å². The van der Waals surface area contributed by atoms with E-state index < -0.39 is 0 Å². The first-order chi connectivity index (χ1) is 8.33. The summed E-state index contributed by atoms with van der Waals surface area (Å²) in [6, 6.07) is 7.74. The lowest BCUT2D eigenvalue weighted by atomic mass is 9.97. The zero-order chi connectivity index (χ0) is 11.7. The van der Waals surface area contributed by atoms with Gasteiger partial charge < -0.3 is 5.73 Å². The normalized spacial score (nSPS) is 14.4. The first-order valence-corrected chi connectivity index (χ1v) is 6.03. The van der Waals surface area contributed by atoms with E-state index in [2.05, 4.69) is 9.97 Å². The van der Waals surface area contributed by atoms with E-state index in [1.54, 1.807) is 0 Å². The molecule has 1 aromatic carbocycles. The fraction of sp³-hybridized carbons (Fsp3) is 0.286. The number of aromatic nitrogens is 2. The summed E-state index contributed by atoms with van der Waals surface area (Å²) in [7, 11) is 0. The van der Waals surface area contributed by atoms with Crippen molar-refractivity contribution in [1.82, 2.24) is 9.97 Å². The third-order valence-electron chi connectivity index (χ3n) is 3.21. The van der Waals surface area contributed by atoms with Gasteiger partial charge in [-0.2, -0.15) is 0 Å². The molecule has 0 saturated carbocycles. The molecule has 0 fully saturated rings. The number of nitrogens with zero attached hydrogens (tertiary/aromatic N) is 2. The molecule has 86 valence electrons. The SMILES string of the molecule is Nc1cccc(-c2ncc3c(n2)CCCC3)c1. The predicted molar refractivity (Wildman–Crippen MR) is 68.5 cm³/mol. The molecule has 3 heteroatoms. The standard InChI is InChI=1S/C14H15N3/c15-12-6-3-5-10(8-12)14-16-9-11-4-1-2-7-13(11)17-14/h3,5-6,8-9H,1-2,4,7,15H2. The van der Waals surface area contributed by atoms with Gasteiger partial charge in [-0.3, -0.25) is 0 Å². The van der Waals surface area contributed by atoms with Gasteiger partial charge in [0.05, 0.1) is 0 Å². The van der Waals surface area contributed by atoms with Crippen molar-refractivity contribution in [3.8, 4) is 11.4 Å². The summed E-state index contributed by atoms with van der Waals surface area (Å²) in [4.78, 5) is 9.09. The van der Waals surface area contributed by atoms with Crippen molar-refractivity contribution in [2.45, 2.75) is 25.7 Å². The summed E-state index contributed by atoms with van der Waals surface area (Å²) in [5.41, 5.74) is 10.1. The Morgan fingerprint density at radius 1 is 1.12 bits per heavy atom. The topological polar surface area (TPSA) is 51.8 Å². The van der Waals surface area contributed by atoms with E-state index in [0.717, 1.165) is 29.9 Å². The van der Waals surface area contributed by atoms with E-state index in [1.165, 1.54) is 24.1 Å². The van der Waals surface area contributed by atoms with Crippen LogP contribution in [0.5, 0.6) is 0 Å². The minimum absolute atomic E-state index is 0.754. The van der Waals surface area contributed by atoms with Gasteiger partial charge in [0.25, 0.3) is 0 Å². The molecule has 1 heterocycles. The van der Waals surface area contributed by atoms with Crippen LogP contribution in [0.4, 0.5) is 5.69 Å². The zero-order valence-electron chi connectivity index (χ0n) is 9.69. The molecule has 1 aromatic heterocycles. The van der Waals surface area contributed by atoms with Gasteiger partial charge in [0.15, 0.2) is 5.82 Å². The minimum atomic E-state index is 0.754. The van der Waals surface area contributed by atoms with Crippen LogP contribution in [0.2, 0.25) is 0 Å². The van der Waals surface area contributed by atoms with Crippen LogP contribution in [0, 0.1) is 0 Å². The molecule has 0 radical (unpaired) electrons. The molecule has 3 rings (SSSR count). The second-order valence-electron chi connectivity index (χ2n) is 4.50. The molecule has 1 aliphatic carbocycles. The van der Waals surface area contributed by atoms with E-state index >= 15 is 0 Å². The largest absolute Gasteiger partial charge is 0.399 e. The summed E-state index contributed by atoms with van der Waals surface area (Å²) in [5.74, 6) is 0.790. The smallest absolute Gasteiger partial charge is 0.159 e. The molecule has 3 nitrogen and oxygen atoms in total. The van der Waals surface area contributed by atoms with E-state index in [-0.39, 0.29) is 0 Å². The fourth-order valence-corrected chi connectivity index (χ4v) is 2.29. The molecule has 0 amide bonds. The fourth-order valence-electron chi connectivity index (χ4n) is 2.29. The lowest BCUT2D eigenvalue weighted by Crippen LogP contribution is -2.07. The summed E-state index contributed by atoms with van der Waals surface area (Å²) < 4.78 is 0. The highest BCUT2D eigenvalue weighted by atomic mass is 14.9. The van der Waals surface area contributed by atoms with E-state index in [9.17, 15) is 0 Å². The van der Waals surface area contributed by atoms with Crippen molar-refractivity contribution in [2.75, 3.05) is 5.73 Å². The maximum Gasteiger partial charge on any atom is 0.159 e. The molecule has 1 aliphatic rings. The van der Waals surface area contributed by atoms with Gasteiger partial charge in [-0.15, -0.1) is 0 Å². The highest BCUT2D eigenvalue weighted by Crippen LogP contribution is 2.23. The van der Waals surface area contributed by atoms with E-state index in [4.69, 9.17) is 5.73 Å². The molecule has 0 bridgehead atoms. The highest BCUT2D eigenvalue weighted by Gasteiger charge is 2.12. The number of nitrogens with two attached hydrogens (primary N) is 1. The Kier molecular flexibility index (Phi) is 2.52. The van der Waals surface area contributed by atoms with Crippen LogP contribution >= 0.6 is 0 Å². The highest BCUT2D eigenvalue weighted by molar-refractivity contribution is 5.61. The quantitative estimate of drug-likeness (QED) is 0.759. The molecule has 0 aliphatic heterocycles. The Labute approximate surface area is 101 Å². The van der Waals surface area contributed by atoms with Crippen LogP contribution < -0.4 is 5.73 Å². The summed E-state index contributed by atoms with van der Waals surface area (Å²) >= 11 is 0. The number of hydrogen-bond donors (Lipinski definition) is 1. The molecule has 0 atom stereocenters. The van der Waals surface area contributed by atoms with Crippen LogP contribution in [0.15, 0.2) is 30.5 Å². The number of fused-ring (bicyclic) bond motifs is 1. The molecular weight excluding hydrogens is 210 g/mol. The van der Waals surface area contributed by atoms with E-state index in [0.29, 0.717) is 0 Å². The third-order valence-corrected chi connectivity index (χ3v) is 3.21. The number of nitrogen functional groups attached to an aromatic ring is 1. The molecule has 2 aromatic rings. The van der Waals surface area contributed by atoms with Crippen molar-refractivity contribution in [1.29, 1.82) is 0 Å². The van der Waals surface area contributed by atoms with Crippen LogP contribution in [-0.4, -0.2) is 9.97 Å². The zero-order valence-corrected chi connectivity index (χ0v) is 9.69. The number of hydrogen-bond acceptors (Lipinski definition) is 3.